The van der Waals surface area contributed by atoms with E-state index in [0.29, 0.717) is 6.04 Å². The molecule has 0 N–H and O–H groups in total. The average molecular weight is 341 g/mol. The fraction of sp³-hybridized carbons (Fsp3) is 0.733. The molecule has 0 spiro atoms. The summed E-state index contributed by atoms with van der Waals surface area (Å²) < 4.78 is 0.900. The summed E-state index contributed by atoms with van der Waals surface area (Å²) in [4.78, 5) is 14.1. The molecule has 20 heavy (non-hydrogen) atoms. The van der Waals surface area contributed by atoms with Gasteiger partial charge in [-0.05, 0) is 41.9 Å². The minimum absolute atomic E-state index is 0.661. The minimum atomic E-state index is 0.661. The summed E-state index contributed by atoms with van der Waals surface area (Å²) in [5.41, 5.74) is 0. The maximum absolute atomic E-state index is 4.72. The highest BCUT2D eigenvalue weighted by atomic mass is 79.9. The van der Waals surface area contributed by atoms with Crippen LogP contribution in [0.2, 0.25) is 0 Å². The Morgan fingerprint density at radius 2 is 2.05 bits per heavy atom. The van der Waals surface area contributed by atoms with Gasteiger partial charge in [-0.1, -0.05) is 20.8 Å². The van der Waals surface area contributed by atoms with E-state index in [-0.39, 0.29) is 0 Å². The van der Waals surface area contributed by atoms with Crippen LogP contribution in [0.3, 0.4) is 0 Å². The third-order valence-corrected chi connectivity index (χ3v) is 4.42. The number of aromatic nitrogens is 2. The highest BCUT2D eigenvalue weighted by Gasteiger charge is 2.27. The van der Waals surface area contributed by atoms with Crippen molar-refractivity contribution in [3.63, 3.8) is 0 Å². The normalized spacial score (nSPS) is 19.1. The third-order valence-electron chi connectivity index (χ3n) is 4.02. The standard InChI is InChI=1S/C15H25BrN4/c1-4-7-14-17-13(16)10-15(18-14)20-9-8-12(11-20)19(5-2)6-3/h10,12H,4-9,11H2,1-3H3. The first-order valence-corrected chi connectivity index (χ1v) is 8.49. The Morgan fingerprint density at radius 1 is 1.30 bits per heavy atom. The van der Waals surface area contributed by atoms with Crippen LogP contribution in [0.15, 0.2) is 10.7 Å². The van der Waals surface area contributed by atoms with Crippen LogP contribution >= 0.6 is 15.9 Å². The minimum Gasteiger partial charge on any atom is -0.355 e. The van der Waals surface area contributed by atoms with Crippen LogP contribution in [-0.2, 0) is 6.42 Å². The van der Waals surface area contributed by atoms with Gasteiger partial charge in [0.1, 0.15) is 16.2 Å². The van der Waals surface area contributed by atoms with E-state index in [1.54, 1.807) is 0 Å². The molecule has 0 radical (unpaired) electrons. The molecule has 2 heterocycles. The Bertz CT molecular complexity index is 434. The molecular formula is C15H25BrN4. The van der Waals surface area contributed by atoms with E-state index in [0.717, 1.165) is 55.3 Å². The van der Waals surface area contributed by atoms with Gasteiger partial charge in [-0.25, -0.2) is 9.97 Å². The maximum atomic E-state index is 4.72. The van der Waals surface area contributed by atoms with Gasteiger partial charge < -0.3 is 4.90 Å². The Morgan fingerprint density at radius 3 is 2.70 bits per heavy atom. The van der Waals surface area contributed by atoms with Gasteiger partial charge >= 0.3 is 0 Å². The predicted octanol–water partition coefficient (Wildman–Crippen LogP) is 3.11. The molecule has 1 aliphatic rings. The molecule has 0 saturated carbocycles. The molecule has 1 fully saturated rings. The summed E-state index contributed by atoms with van der Waals surface area (Å²) in [7, 11) is 0. The first kappa shape index (κ1) is 15.7. The van der Waals surface area contributed by atoms with Crippen molar-refractivity contribution in [3.05, 3.63) is 16.5 Å². The summed E-state index contributed by atoms with van der Waals surface area (Å²) in [5.74, 6) is 2.02. The molecule has 1 atom stereocenters. The van der Waals surface area contributed by atoms with E-state index in [9.17, 15) is 0 Å². The first-order valence-electron chi connectivity index (χ1n) is 7.70. The Balaban J connectivity index is 2.09. The quantitative estimate of drug-likeness (QED) is 0.745. The molecule has 1 saturated heterocycles. The highest BCUT2D eigenvalue weighted by Crippen LogP contribution is 2.23. The first-order chi connectivity index (χ1) is 9.67. The molecule has 5 heteroatoms. The van der Waals surface area contributed by atoms with Crippen LogP contribution in [0.4, 0.5) is 5.82 Å². The Labute approximate surface area is 130 Å². The molecular weight excluding hydrogens is 316 g/mol. The van der Waals surface area contributed by atoms with E-state index in [2.05, 4.69) is 51.5 Å². The fourth-order valence-corrected chi connectivity index (χ4v) is 3.35. The van der Waals surface area contributed by atoms with Crippen LogP contribution in [0.1, 0.15) is 39.4 Å². The van der Waals surface area contributed by atoms with Crippen molar-refractivity contribution in [1.29, 1.82) is 0 Å². The zero-order chi connectivity index (χ0) is 14.5. The monoisotopic (exact) mass is 340 g/mol. The average Bonchev–Trinajstić information content (AvgIpc) is 2.90. The Kier molecular flexibility index (Phi) is 5.78. The van der Waals surface area contributed by atoms with Gasteiger partial charge in [-0.15, -0.1) is 0 Å². The molecule has 1 aromatic rings. The topological polar surface area (TPSA) is 32.3 Å². The molecule has 0 aliphatic carbocycles. The van der Waals surface area contributed by atoms with Crippen molar-refractivity contribution in [2.45, 2.75) is 46.1 Å². The molecule has 0 bridgehead atoms. The van der Waals surface area contributed by atoms with Gasteiger partial charge in [0.15, 0.2) is 0 Å². The number of anilines is 1. The number of hydrogen-bond acceptors (Lipinski definition) is 4. The van der Waals surface area contributed by atoms with Crippen molar-refractivity contribution in [2.75, 3.05) is 31.1 Å². The molecule has 0 aromatic carbocycles. The summed E-state index contributed by atoms with van der Waals surface area (Å²) in [6.45, 7) is 11.1. The van der Waals surface area contributed by atoms with Crippen LogP contribution < -0.4 is 4.90 Å². The molecule has 0 amide bonds. The van der Waals surface area contributed by atoms with E-state index in [1.165, 1.54) is 6.42 Å². The number of aryl methyl sites for hydroxylation is 1. The lowest BCUT2D eigenvalue weighted by atomic mass is 10.2. The van der Waals surface area contributed by atoms with E-state index < -0.39 is 0 Å². The molecule has 4 nitrogen and oxygen atoms in total. The lowest BCUT2D eigenvalue weighted by Gasteiger charge is -2.26. The number of nitrogens with zero attached hydrogens (tertiary/aromatic N) is 4. The highest BCUT2D eigenvalue weighted by molar-refractivity contribution is 9.10. The van der Waals surface area contributed by atoms with Crippen molar-refractivity contribution in [3.8, 4) is 0 Å². The molecule has 1 aliphatic heterocycles. The van der Waals surface area contributed by atoms with E-state index in [4.69, 9.17) is 4.98 Å². The van der Waals surface area contributed by atoms with Gasteiger partial charge in [0, 0.05) is 31.6 Å². The summed E-state index contributed by atoms with van der Waals surface area (Å²) in [5, 5.41) is 0. The van der Waals surface area contributed by atoms with E-state index in [1.807, 2.05) is 6.07 Å². The zero-order valence-corrected chi connectivity index (χ0v) is 14.4. The van der Waals surface area contributed by atoms with Crippen molar-refractivity contribution in [1.82, 2.24) is 14.9 Å². The zero-order valence-electron chi connectivity index (χ0n) is 12.8. The van der Waals surface area contributed by atoms with Gasteiger partial charge in [0.25, 0.3) is 0 Å². The van der Waals surface area contributed by atoms with Crippen LogP contribution in [0.5, 0.6) is 0 Å². The summed E-state index contributed by atoms with van der Waals surface area (Å²) in [6, 6.07) is 2.71. The van der Waals surface area contributed by atoms with Gasteiger partial charge in [-0.3, -0.25) is 4.90 Å². The van der Waals surface area contributed by atoms with Gasteiger partial charge in [0.2, 0.25) is 0 Å². The number of likely N-dealkylation sites (N-methyl/N-ethyl adjacent to an activating group) is 1. The number of halogens is 1. The Hall–Kier alpha value is -0.680. The third kappa shape index (κ3) is 3.70. The molecule has 1 unspecified atom stereocenters. The second kappa shape index (κ2) is 7.36. The SMILES string of the molecule is CCCc1nc(Br)cc(N2CCC(N(CC)CC)C2)n1. The fourth-order valence-electron chi connectivity index (χ4n) is 2.94. The largest absolute Gasteiger partial charge is 0.355 e. The smallest absolute Gasteiger partial charge is 0.133 e. The van der Waals surface area contributed by atoms with Gasteiger partial charge in [-0.2, -0.15) is 0 Å². The maximum Gasteiger partial charge on any atom is 0.133 e. The van der Waals surface area contributed by atoms with Gasteiger partial charge in [0.05, 0.1) is 0 Å². The second-order valence-corrected chi connectivity index (χ2v) is 6.14. The lowest BCUT2D eigenvalue weighted by Crippen LogP contribution is -2.37. The molecule has 1 aromatic heterocycles. The van der Waals surface area contributed by atoms with E-state index >= 15 is 0 Å². The predicted molar refractivity (Wildman–Crippen MR) is 87.3 cm³/mol. The summed E-state index contributed by atoms with van der Waals surface area (Å²) >= 11 is 3.51. The molecule has 112 valence electrons. The number of hydrogen-bond donors (Lipinski definition) is 0. The van der Waals surface area contributed by atoms with Crippen LogP contribution in [0.25, 0.3) is 0 Å². The molecule has 2 rings (SSSR count). The van der Waals surface area contributed by atoms with Crippen molar-refractivity contribution < 1.29 is 0 Å². The number of rotatable bonds is 6. The van der Waals surface area contributed by atoms with Crippen molar-refractivity contribution >= 4 is 21.7 Å². The van der Waals surface area contributed by atoms with Crippen molar-refractivity contribution in [2.24, 2.45) is 0 Å². The summed E-state index contributed by atoms with van der Waals surface area (Å²) in [6.07, 6.45) is 3.25. The van der Waals surface area contributed by atoms with Crippen LogP contribution in [0, 0.1) is 0 Å². The lowest BCUT2D eigenvalue weighted by molar-refractivity contribution is 0.232. The van der Waals surface area contributed by atoms with Crippen LogP contribution in [-0.4, -0.2) is 47.1 Å². The second-order valence-electron chi connectivity index (χ2n) is 5.32.